The van der Waals surface area contributed by atoms with Gasteiger partial charge in [-0.15, -0.1) is 11.3 Å². The van der Waals surface area contributed by atoms with Crippen LogP contribution in [0.3, 0.4) is 0 Å². The second kappa shape index (κ2) is 12.2. The van der Waals surface area contributed by atoms with E-state index < -0.39 is 23.9 Å². The second-order valence-electron chi connectivity index (χ2n) is 8.28. The van der Waals surface area contributed by atoms with Gasteiger partial charge in [-0.1, -0.05) is 41.9 Å². The van der Waals surface area contributed by atoms with E-state index in [1.807, 2.05) is 23.1 Å². The topological polar surface area (TPSA) is 91.4 Å². The van der Waals surface area contributed by atoms with Crippen LogP contribution in [0.25, 0.3) is 0 Å². The van der Waals surface area contributed by atoms with Crippen molar-refractivity contribution in [3.05, 3.63) is 75.6 Å². The molecule has 37 heavy (non-hydrogen) atoms. The summed E-state index contributed by atoms with van der Waals surface area (Å²) in [6.45, 7) is 1.08. The van der Waals surface area contributed by atoms with Crippen LogP contribution in [0.1, 0.15) is 34.9 Å². The highest BCUT2D eigenvalue weighted by Crippen LogP contribution is 2.38. The molecule has 1 aliphatic rings. The minimum absolute atomic E-state index is 0.125. The fraction of sp³-hybridized carbons (Fsp3) is 0.296. The van der Waals surface area contributed by atoms with Crippen molar-refractivity contribution in [1.82, 2.24) is 4.90 Å². The van der Waals surface area contributed by atoms with Gasteiger partial charge in [0.05, 0.1) is 27.1 Å². The van der Waals surface area contributed by atoms with Crippen LogP contribution in [0.4, 0.5) is 0 Å². The number of nitrogens with zero attached hydrogens (tertiary/aromatic N) is 1. The smallest absolute Gasteiger partial charge is 0.327 e. The molecule has 0 amide bonds. The summed E-state index contributed by atoms with van der Waals surface area (Å²) in [4.78, 5) is 40.3. The number of halogens is 1. The Morgan fingerprint density at radius 2 is 1.65 bits per heavy atom. The molecular formula is C27H26ClNO7S. The third-order valence-electron chi connectivity index (χ3n) is 5.90. The van der Waals surface area contributed by atoms with Crippen molar-refractivity contribution in [1.29, 1.82) is 0 Å². The Balaban J connectivity index is 1.36. The van der Waals surface area contributed by atoms with Gasteiger partial charge in [-0.25, -0.2) is 4.79 Å². The second-order valence-corrected chi connectivity index (χ2v) is 9.79. The van der Waals surface area contributed by atoms with Crippen LogP contribution in [-0.4, -0.2) is 43.6 Å². The number of para-hydroxylation sites is 2. The Morgan fingerprint density at radius 1 is 0.973 bits per heavy atom. The summed E-state index contributed by atoms with van der Waals surface area (Å²) in [5.74, 6) is -0.758. The first-order valence-corrected chi connectivity index (χ1v) is 12.8. The molecule has 0 radical (unpaired) electrons. The predicted molar refractivity (Wildman–Crippen MR) is 138 cm³/mol. The molecule has 1 atom stereocenters. The number of esters is 3. The minimum Gasteiger partial charge on any atom is -0.493 e. The van der Waals surface area contributed by atoms with Crippen molar-refractivity contribution < 1.29 is 33.3 Å². The van der Waals surface area contributed by atoms with Gasteiger partial charge in [-0.2, -0.15) is 0 Å². The van der Waals surface area contributed by atoms with E-state index in [0.717, 1.165) is 10.4 Å². The van der Waals surface area contributed by atoms with Gasteiger partial charge in [0.15, 0.2) is 16.6 Å². The average molecular weight is 544 g/mol. The van der Waals surface area contributed by atoms with E-state index in [0.29, 0.717) is 46.7 Å². The lowest BCUT2D eigenvalue weighted by molar-refractivity contribution is -0.147. The van der Waals surface area contributed by atoms with Gasteiger partial charge >= 0.3 is 17.9 Å². The minimum atomic E-state index is -0.646. The van der Waals surface area contributed by atoms with Crippen LogP contribution >= 0.6 is 22.9 Å². The third kappa shape index (κ3) is 6.49. The summed E-state index contributed by atoms with van der Waals surface area (Å²) in [5, 5.41) is 0.940. The first-order valence-electron chi connectivity index (χ1n) is 11.6. The summed E-state index contributed by atoms with van der Waals surface area (Å²) in [6, 6.07) is 15.2. The van der Waals surface area contributed by atoms with Crippen LogP contribution < -0.4 is 14.2 Å². The number of methoxy groups -OCH3 is 2. The van der Waals surface area contributed by atoms with Gasteiger partial charge in [0.1, 0.15) is 6.04 Å². The number of hydrogen-bond donors (Lipinski definition) is 0. The number of ether oxygens (including phenoxy) is 4. The maximum atomic E-state index is 12.7. The molecule has 0 saturated heterocycles. The van der Waals surface area contributed by atoms with Crippen LogP contribution in [-0.2, 0) is 32.1 Å². The molecule has 0 aliphatic carbocycles. The van der Waals surface area contributed by atoms with Crippen LogP contribution in [0.5, 0.6) is 16.6 Å². The Morgan fingerprint density at radius 3 is 2.35 bits per heavy atom. The van der Waals surface area contributed by atoms with Crippen LogP contribution in [0.15, 0.2) is 54.6 Å². The van der Waals surface area contributed by atoms with Crippen molar-refractivity contribution in [3.8, 4) is 16.6 Å². The number of carbonyl (C=O) groups excluding carboxylic acids is 3. The lowest BCUT2D eigenvalue weighted by Crippen LogP contribution is -2.38. The molecule has 0 fully saturated rings. The monoisotopic (exact) mass is 543 g/mol. The van der Waals surface area contributed by atoms with Crippen molar-refractivity contribution in [2.75, 3.05) is 20.8 Å². The Hall–Kier alpha value is -3.40. The van der Waals surface area contributed by atoms with E-state index in [1.165, 1.54) is 25.6 Å². The van der Waals surface area contributed by atoms with E-state index in [9.17, 15) is 14.4 Å². The lowest BCUT2D eigenvalue weighted by Gasteiger charge is -2.33. The Kier molecular flexibility index (Phi) is 8.81. The molecule has 0 N–H and O–H groups in total. The zero-order chi connectivity index (χ0) is 26.4. The summed E-state index contributed by atoms with van der Waals surface area (Å²) < 4.78 is 21.0. The molecule has 2 aromatic carbocycles. The molecule has 8 nitrogen and oxygen atoms in total. The molecule has 194 valence electrons. The highest BCUT2D eigenvalue weighted by atomic mass is 35.5. The first kappa shape index (κ1) is 26.7. The number of carbonyl (C=O) groups is 3. The molecule has 1 aromatic heterocycles. The molecular weight excluding hydrogens is 518 g/mol. The number of benzene rings is 2. The molecule has 3 aromatic rings. The van der Waals surface area contributed by atoms with E-state index in [4.69, 9.17) is 30.5 Å². The highest BCUT2D eigenvalue weighted by molar-refractivity contribution is 7.14. The van der Waals surface area contributed by atoms with Gasteiger partial charge in [-0.05, 0) is 41.8 Å². The third-order valence-corrected chi connectivity index (χ3v) is 7.36. The maximum absolute atomic E-state index is 12.7. The zero-order valence-electron chi connectivity index (χ0n) is 20.4. The largest absolute Gasteiger partial charge is 0.493 e. The Bertz CT molecular complexity index is 1290. The fourth-order valence-electron chi connectivity index (χ4n) is 4.12. The summed E-state index contributed by atoms with van der Waals surface area (Å²) in [5.41, 5.74) is 1.65. The molecule has 10 heteroatoms. The number of thiophene rings is 1. The quantitative estimate of drug-likeness (QED) is 0.276. The van der Waals surface area contributed by atoms with E-state index in [2.05, 4.69) is 0 Å². The molecule has 0 unspecified atom stereocenters. The van der Waals surface area contributed by atoms with Gasteiger partial charge in [0.2, 0.25) is 0 Å². The summed E-state index contributed by atoms with van der Waals surface area (Å²) in [6.07, 6.45) is 0.425. The average Bonchev–Trinajstić information content (AvgIpc) is 3.30. The normalized spacial score (nSPS) is 13.8. The molecule has 0 saturated carbocycles. The number of hydrogen-bond acceptors (Lipinski definition) is 9. The predicted octanol–water partition coefficient (Wildman–Crippen LogP) is 4.97. The van der Waals surface area contributed by atoms with Crippen molar-refractivity contribution in [3.63, 3.8) is 0 Å². The molecule has 4 rings (SSSR count). The van der Waals surface area contributed by atoms with Crippen LogP contribution in [0.2, 0.25) is 5.02 Å². The first-order chi connectivity index (χ1) is 17.9. The van der Waals surface area contributed by atoms with E-state index in [1.54, 1.807) is 36.4 Å². The van der Waals surface area contributed by atoms with E-state index in [-0.39, 0.29) is 12.8 Å². The molecule has 0 bridgehead atoms. The van der Waals surface area contributed by atoms with Crippen LogP contribution in [0, 0.1) is 0 Å². The molecule has 1 aliphatic heterocycles. The maximum Gasteiger partial charge on any atom is 0.327 e. The van der Waals surface area contributed by atoms with Crippen molar-refractivity contribution in [2.24, 2.45) is 0 Å². The van der Waals surface area contributed by atoms with Crippen molar-refractivity contribution in [2.45, 2.75) is 31.8 Å². The van der Waals surface area contributed by atoms with Gasteiger partial charge in [-0.3, -0.25) is 14.5 Å². The number of fused-ring (bicyclic) bond motifs is 1. The summed E-state index contributed by atoms with van der Waals surface area (Å²) >= 11 is 7.77. The van der Waals surface area contributed by atoms with E-state index >= 15 is 0 Å². The van der Waals surface area contributed by atoms with Gasteiger partial charge in [0, 0.05) is 23.0 Å². The van der Waals surface area contributed by atoms with Gasteiger partial charge in [0.25, 0.3) is 0 Å². The van der Waals surface area contributed by atoms with Gasteiger partial charge < -0.3 is 18.9 Å². The SMILES string of the molecule is COC(=O)[C@H](c1ccccc1Cl)N1CCc2sc(OC(=O)CCC(=O)Oc3ccccc3OC)cc2C1. The lowest BCUT2D eigenvalue weighted by atomic mass is 10.0. The number of rotatable bonds is 9. The zero-order valence-corrected chi connectivity index (χ0v) is 22.0. The van der Waals surface area contributed by atoms with Crippen molar-refractivity contribution >= 4 is 40.8 Å². The molecule has 0 spiro atoms. The summed E-state index contributed by atoms with van der Waals surface area (Å²) in [7, 11) is 2.84. The molecule has 2 heterocycles. The highest BCUT2D eigenvalue weighted by Gasteiger charge is 2.33. The standard InChI is InChI=1S/C27H26ClNO7S/c1-33-20-9-5-6-10-21(20)35-23(30)11-12-24(31)36-25-15-17-16-29(14-13-22(17)37-25)26(27(32)34-2)18-7-3-4-8-19(18)28/h3-10,15,26H,11-14,16H2,1-2H3/t26-/m0/s1. The Labute approximate surface area is 223 Å². The fourth-order valence-corrected chi connectivity index (χ4v) is 5.39.